The molecular weight excluding hydrogens is 497 g/mol. The van der Waals surface area contributed by atoms with Crippen LogP contribution in [-0.2, 0) is 21.4 Å². The molecule has 1 atom stereocenters. The summed E-state index contributed by atoms with van der Waals surface area (Å²) in [7, 11) is -3.57. The average Bonchev–Trinajstić information content (AvgIpc) is 3.44. The van der Waals surface area contributed by atoms with Crippen LogP contribution in [0.4, 0.5) is 15.8 Å². The van der Waals surface area contributed by atoms with Gasteiger partial charge in [0.2, 0.25) is 10.0 Å². The summed E-state index contributed by atoms with van der Waals surface area (Å²) in [5.41, 5.74) is 1.45. The summed E-state index contributed by atoms with van der Waals surface area (Å²) in [6.45, 7) is 2.64. The van der Waals surface area contributed by atoms with Gasteiger partial charge in [-0.05, 0) is 68.3 Å². The van der Waals surface area contributed by atoms with Crippen LogP contribution in [0.25, 0.3) is 0 Å². The Morgan fingerprint density at radius 1 is 1.05 bits per heavy atom. The van der Waals surface area contributed by atoms with E-state index >= 15 is 0 Å². The first-order valence-corrected chi connectivity index (χ1v) is 13.4. The van der Waals surface area contributed by atoms with Crippen molar-refractivity contribution in [1.29, 1.82) is 0 Å². The molecule has 1 N–H and O–H groups in total. The molecule has 1 fully saturated rings. The third-order valence-corrected chi connectivity index (χ3v) is 8.44. The quantitative estimate of drug-likeness (QED) is 0.523. The van der Waals surface area contributed by atoms with Crippen molar-refractivity contribution in [3.8, 4) is 5.75 Å². The number of anilines is 2. The van der Waals surface area contributed by atoms with Gasteiger partial charge in [-0.1, -0.05) is 18.2 Å². The van der Waals surface area contributed by atoms with Crippen LogP contribution in [0.3, 0.4) is 0 Å². The van der Waals surface area contributed by atoms with Gasteiger partial charge < -0.3 is 15.0 Å². The molecule has 0 radical (unpaired) electrons. The third kappa shape index (κ3) is 4.94. The standard InChI is InChI=1S/C27H26FN3O5S/c1-18-27(33)31(17-20-6-2-3-7-23(20)28)24-16-21(10-13-25(24)36-18)29-26(32)19-8-11-22(12-9-19)37(34,35)30-14-4-5-15-30/h2-3,6-13,16,18H,4-5,14-15,17H2,1H3,(H,29,32). The molecule has 2 amide bonds. The van der Waals surface area contributed by atoms with Crippen molar-refractivity contribution in [2.45, 2.75) is 37.3 Å². The van der Waals surface area contributed by atoms with Crippen molar-refractivity contribution in [3.05, 3.63) is 83.7 Å². The second-order valence-corrected chi connectivity index (χ2v) is 11.0. The highest BCUT2D eigenvalue weighted by atomic mass is 32.2. The van der Waals surface area contributed by atoms with Crippen LogP contribution in [0, 0.1) is 5.82 Å². The Bertz CT molecular complexity index is 1450. The van der Waals surface area contributed by atoms with Crippen molar-refractivity contribution in [1.82, 2.24) is 4.31 Å². The SMILES string of the molecule is CC1Oc2ccc(NC(=O)c3ccc(S(=O)(=O)N4CCCC4)cc3)cc2N(Cc2ccccc2F)C1=O. The monoisotopic (exact) mass is 523 g/mol. The van der Waals surface area contributed by atoms with Gasteiger partial charge in [0.25, 0.3) is 11.8 Å². The largest absolute Gasteiger partial charge is 0.479 e. The lowest BCUT2D eigenvalue weighted by Gasteiger charge is -2.33. The topological polar surface area (TPSA) is 96.0 Å². The number of ether oxygens (including phenoxy) is 1. The van der Waals surface area contributed by atoms with Crippen molar-refractivity contribution >= 4 is 33.2 Å². The van der Waals surface area contributed by atoms with E-state index in [4.69, 9.17) is 4.74 Å². The molecule has 0 saturated carbocycles. The molecule has 2 heterocycles. The summed E-state index contributed by atoms with van der Waals surface area (Å²) in [5, 5.41) is 2.78. The van der Waals surface area contributed by atoms with Gasteiger partial charge in [-0.25, -0.2) is 12.8 Å². The zero-order valence-corrected chi connectivity index (χ0v) is 21.0. The van der Waals surface area contributed by atoms with Crippen LogP contribution < -0.4 is 15.0 Å². The molecule has 3 aromatic carbocycles. The highest BCUT2D eigenvalue weighted by Crippen LogP contribution is 2.37. The number of halogens is 1. The van der Waals surface area contributed by atoms with E-state index in [0.717, 1.165) is 12.8 Å². The van der Waals surface area contributed by atoms with E-state index in [0.29, 0.717) is 35.8 Å². The molecule has 0 aliphatic carbocycles. The van der Waals surface area contributed by atoms with Crippen molar-refractivity contribution in [2.75, 3.05) is 23.3 Å². The van der Waals surface area contributed by atoms with E-state index < -0.39 is 27.9 Å². The van der Waals surface area contributed by atoms with E-state index in [-0.39, 0.29) is 22.9 Å². The maximum Gasteiger partial charge on any atom is 0.268 e. The highest BCUT2D eigenvalue weighted by molar-refractivity contribution is 7.89. The molecule has 1 saturated heterocycles. The minimum absolute atomic E-state index is 0.0105. The Morgan fingerprint density at radius 2 is 1.76 bits per heavy atom. The number of rotatable bonds is 6. The molecule has 3 aromatic rings. The van der Waals surface area contributed by atoms with E-state index in [1.807, 2.05) is 0 Å². The zero-order valence-electron chi connectivity index (χ0n) is 20.2. The normalized spacial score (nSPS) is 17.8. The van der Waals surface area contributed by atoms with Gasteiger partial charge >= 0.3 is 0 Å². The summed E-state index contributed by atoms with van der Waals surface area (Å²) in [6.07, 6.45) is 0.941. The smallest absolute Gasteiger partial charge is 0.268 e. The summed E-state index contributed by atoms with van der Waals surface area (Å²) in [4.78, 5) is 27.4. The maximum atomic E-state index is 14.3. The second-order valence-electron chi connectivity index (χ2n) is 9.05. The van der Waals surface area contributed by atoms with Gasteiger partial charge in [-0.2, -0.15) is 4.31 Å². The van der Waals surface area contributed by atoms with E-state index in [9.17, 15) is 22.4 Å². The van der Waals surface area contributed by atoms with Gasteiger partial charge in [0.15, 0.2) is 6.10 Å². The molecule has 2 aliphatic heterocycles. The van der Waals surface area contributed by atoms with Gasteiger partial charge in [0, 0.05) is 29.9 Å². The Kier molecular flexibility index (Phi) is 6.70. The lowest BCUT2D eigenvalue weighted by Crippen LogP contribution is -2.44. The predicted molar refractivity (Wildman–Crippen MR) is 137 cm³/mol. The third-order valence-electron chi connectivity index (χ3n) is 6.53. The van der Waals surface area contributed by atoms with E-state index in [2.05, 4.69) is 5.32 Å². The van der Waals surface area contributed by atoms with Crippen molar-refractivity contribution < 1.29 is 27.1 Å². The molecule has 5 rings (SSSR count). The van der Waals surface area contributed by atoms with E-state index in [1.165, 1.54) is 39.5 Å². The fraction of sp³-hybridized carbons (Fsp3) is 0.259. The van der Waals surface area contributed by atoms with Gasteiger partial charge in [-0.3, -0.25) is 9.59 Å². The minimum Gasteiger partial charge on any atom is -0.479 e. The first kappa shape index (κ1) is 24.9. The van der Waals surface area contributed by atoms with Gasteiger partial charge in [-0.15, -0.1) is 0 Å². The number of amides is 2. The molecule has 0 aromatic heterocycles. The van der Waals surface area contributed by atoms with Crippen LogP contribution in [0.15, 0.2) is 71.6 Å². The van der Waals surface area contributed by atoms with Gasteiger partial charge in [0.1, 0.15) is 11.6 Å². The van der Waals surface area contributed by atoms with Crippen LogP contribution in [0.1, 0.15) is 35.7 Å². The van der Waals surface area contributed by atoms with Crippen LogP contribution in [0.2, 0.25) is 0 Å². The Hall–Kier alpha value is -3.76. The molecule has 2 aliphatic rings. The minimum atomic E-state index is -3.57. The molecule has 0 spiro atoms. The van der Waals surface area contributed by atoms with Crippen molar-refractivity contribution in [3.63, 3.8) is 0 Å². The second kappa shape index (κ2) is 9.95. The number of fused-ring (bicyclic) bond motifs is 1. The molecule has 10 heteroatoms. The Morgan fingerprint density at radius 3 is 2.46 bits per heavy atom. The summed E-state index contributed by atoms with van der Waals surface area (Å²) in [6, 6.07) is 16.9. The fourth-order valence-electron chi connectivity index (χ4n) is 4.50. The number of nitrogens with one attached hydrogen (secondary N) is 1. The summed E-state index contributed by atoms with van der Waals surface area (Å²) < 4.78 is 46.9. The molecule has 0 bridgehead atoms. The molecule has 192 valence electrons. The van der Waals surface area contributed by atoms with Crippen molar-refractivity contribution in [2.24, 2.45) is 0 Å². The number of sulfonamides is 1. The number of nitrogens with zero attached hydrogens (tertiary/aromatic N) is 2. The lowest BCUT2D eigenvalue weighted by atomic mass is 10.1. The lowest BCUT2D eigenvalue weighted by molar-refractivity contribution is -0.125. The van der Waals surface area contributed by atoms with Crippen LogP contribution >= 0.6 is 0 Å². The number of carbonyl (C=O) groups excluding carboxylic acids is 2. The average molecular weight is 524 g/mol. The molecular formula is C27H26FN3O5S. The summed E-state index contributed by atoms with van der Waals surface area (Å²) in [5.74, 6) is -0.746. The Balaban J connectivity index is 1.36. The highest BCUT2D eigenvalue weighted by Gasteiger charge is 2.32. The Labute approximate surface area is 214 Å². The van der Waals surface area contributed by atoms with Crippen LogP contribution in [0.5, 0.6) is 5.75 Å². The molecule has 1 unspecified atom stereocenters. The maximum absolute atomic E-state index is 14.3. The molecule has 37 heavy (non-hydrogen) atoms. The zero-order chi connectivity index (χ0) is 26.2. The first-order valence-electron chi connectivity index (χ1n) is 12.0. The summed E-state index contributed by atoms with van der Waals surface area (Å²) >= 11 is 0. The number of carbonyl (C=O) groups is 2. The van der Waals surface area contributed by atoms with Gasteiger partial charge in [0.05, 0.1) is 17.1 Å². The number of benzene rings is 3. The number of hydrogen-bond donors (Lipinski definition) is 1. The predicted octanol–water partition coefficient (Wildman–Crippen LogP) is 4.18. The van der Waals surface area contributed by atoms with Crippen LogP contribution in [-0.4, -0.2) is 43.7 Å². The van der Waals surface area contributed by atoms with E-state index in [1.54, 1.807) is 43.3 Å². The number of hydrogen-bond acceptors (Lipinski definition) is 5. The fourth-order valence-corrected chi connectivity index (χ4v) is 6.02. The first-order chi connectivity index (χ1) is 17.7. The molecule has 8 nitrogen and oxygen atoms in total.